The smallest absolute Gasteiger partial charge is 0.261 e. The lowest BCUT2D eigenvalue weighted by Crippen LogP contribution is -2.36. The summed E-state index contributed by atoms with van der Waals surface area (Å²) in [6.07, 6.45) is -0.787. The molecule has 2 aromatic carbocycles. The Morgan fingerprint density at radius 2 is 1.94 bits per heavy atom. The molecule has 0 fully saturated rings. The first kappa shape index (κ1) is 23.4. The third-order valence-corrected chi connectivity index (χ3v) is 5.22. The number of aromatic nitrogens is 1. The van der Waals surface area contributed by atoms with Crippen LogP contribution in [-0.2, 0) is 11.3 Å². The van der Waals surface area contributed by atoms with Crippen molar-refractivity contribution < 1.29 is 14.6 Å². The van der Waals surface area contributed by atoms with E-state index < -0.39 is 6.10 Å². The van der Waals surface area contributed by atoms with Crippen molar-refractivity contribution in [3.8, 4) is 22.9 Å². The molecule has 168 valence electrons. The Bertz CT molecular complexity index is 1030. The van der Waals surface area contributed by atoms with Crippen molar-refractivity contribution in [1.29, 1.82) is 0 Å². The van der Waals surface area contributed by atoms with E-state index in [2.05, 4.69) is 28.2 Å². The summed E-state index contributed by atoms with van der Waals surface area (Å²) in [4.78, 5) is 17.2. The van der Waals surface area contributed by atoms with Crippen LogP contribution in [0.4, 0.5) is 5.69 Å². The quantitative estimate of drug-likeness (QED) is 0.302. The topological polar surface area (TPSA) is 110 Å². The number of aromatic hydroxyl groups is 1. The number of nitrogens with zero attached hydrogens (tertiary/aromatic N) is 1. The first-order chi connectivity index (χ1) is 15.5. The number of benzene rings is 2. The highest BCUT2D eigenvalue weighted by atomic mass is 32.1. The maximum absolute atomic E-state index is 12.6. The molecular formula is C24H28N4O3S. The van der Waals surface area contributed by atoms with Crippen LogP contribution in [0.5, 0.6) is 11.6 Å². The van der Waals surface area contributed by atoms with Crippen LogP contribution in [0.2, 0.25) is 0 Å². The van der Waals surface area contributed by atoms with Gasteiger partial charge in [-0.3, -0.25) is 4.79 Å². The Kier molecular flexibility index (Phi) is 8.35. The zero-order valence-corrected chi connectivity index (χ0v) is 18.8. The highest BCUT2D eigenvalue weighted by molar-refractivity contribution is 7.80. The minimum Gasteiger partial charge on any atom is -0.508 e. The largest absolute Gasteiger partial charge is 0.508 e. The molecule has 0 aliphatic carbocycles. The fourth-order valence-electron chi connectivity index (χ4n) is 2.96. The first-order valence-corrected chi connectivity index (χ1v) is 11.0. The van der Waals surface area contributed by atoms with E-state index in [1.165, 1.54) is 0 Å². The van der Waals surface area contributed by atoms with Crippen LogP contribution in [0.25, 0.3) is 11.3 Å². The van der Waals surface area contributed by atoms with Crippen LogP contribution in [0.15, 0.2) is 66.7 Å². The SMILES string of the molecule is C[C@@H](Oc1nc(-c2ccccc2)ccc1NCC(N)CS)C(=O)NCc1cccc(O)c1. The normalized spacial score (nSPS) is 12.6. The Balaban J connectivity index is 1.74. The number of pyridine rings is 1. The number of carbonyl (C=O) groups excluding carboxylic acids is 1. The first-order valence-electron chi connectivity index (χ1n) is 10.4. The third kappa shape index (κ3) is 6.63. The van der Waals surface area contributed by atoms with Crippen LogP contribution in [0, 0.1) is 0 Å². The van der Waals surface area contributed by atoms with Gasteiger partial charge in [-0.2, -0.15) is 12.6 Å². The van der Waals surface area contributed by atoms with E-state index in [1.54, 1.807) is 25.1 Å². The van der Waals surface area contributed by atoms with Crippen molar-refractivity contribution in [2.45, 2.75) is 25.6 Å². The molecule has 0 saturated carbocycles. The molecule has 3 rings (SSSR count). The molecular weight excluding hydrogens is 424 g/mol. The van der Waals surface area contributed by atoms with E-state index in [4.69, 9.17) is 10.5 Å². The molecule has 0 bridgehead atoms. The van der Waals surface area contributed by atoms with Gasteiger partial charge in [-0.15, -0.1) is 0 Å². The van der Waals surface area contributed by atoms with Gasteiger partial charge in [0.25, 0.3) is 5.91 Å². The third-order valence-electron chi connectivity index (χ3n) is 4.75. The Morgan fingerprint density at radius 3 is 2.66 bits per heavy atom. The molecule has 1 amide bonds. The van der Waals surface area contributed by atoms with Gasteiger partial charge in [-0.05, 0) is 36.8 Å². The van der Waals surface area contributed by atoms with E-state index in [0.29, 0.717) is 23.9 Å². The highest BCUT2D eigenvalue weighted by Crippen LogP contribution is 2.28. The van der Waals surface area contributed by atoms with Gasteiger partial charge in [-0.25, -0.2) is 4.98 Å². The lowest BCUT2D eigenvalue weighted by Gasteiger charge is -2.19. The number of hydrogen-bond donors (Lipinski definition) is 5. The average molecular weight is 453 g/mol. The van der Waals surface area contributed by atoms with Crippen molar-refractivity contribution in [2.24, 2.45) is 5.73 Å². The predicted octanol–water partition coefficient (Wildman–Crippen LogP) is 3.21. The number of amides is 1. The number of phenols is 1. The zero-order valence-electron chi connectivity index (χ0n) is 17.9. The molecule has 0 spiro atoms. The zero-order chi connectivity index (χ0) is 22.9. The predicted molar refractivity (Wildman–Crippen MR) is 130 cm³/mol. The van der Waals surface area contributed by atoms with Crippen LogP contribution < -0.4 is 21.1 Å². The molecule has 0 aliphatic rings. The maximum Gasteiger partial charge on any atom is 0.261 e. The van der Waals surface area contributed by atoms with Gasteiger partial charge in [0, 0.05) is 30.4 Å². The van der Waals surface area contributed by atoms with Crippen molar-refractivity contribution in [2.75, 3.05) is 17.6 Å². The van der Waals surface area contributed by atoms with Gasteiger partial charge in [-0.1, -0.05) is 42.5 Å². The summed E-state index contributed by atoms with van der Waals surface area (Å²) >= 11 is 4.21. The highest BCUT2D eigenvalue weighted by Gasteiger charge is 2.18. The van der Waals surface area contributed by atoms with Crippen molar-refractivity contribution in [3.05, 3.63) is 72.3 Å². The van der Waals surface area contributed by atoms with Crippen LogP contribution >= 0.6 is 12.6 Å². The van der Waals surface area contributed by atoms with Gasteiger partial charge in [0.05, 0.1) is 11.4 Å². The molecule has 1 unspecified atom stereocenters. The number of nitrogens with one attached hydrogen (secondary N) is 2. The molecule has 1 aromatic heterocycles. The molecule has 8 heteroatoms. The second-order valence-corrected chi connectivity index (χ2v) is 7.75. The number of ether oxygens (including phenoxy) is 1. The summed E-state index contributed by atoms with van der Waals surface area (Å²) < 4.78 is 5.95. The van der Waals surface area contributed by atoms with Crippen molar-refractivity contribution >= 4 is 24.2 Å². The Morgan fingerprint density at radius 1 is 1.16 bits per heavy atom. The van der Waals surface area contributed by atoms with E-state index in [1.807, 2.05) is 48.5 Å². The molecule has 2 atom stereocenters. The summed E-state index contributed by atoms with van der Waals surface area (Å²) in [5, 5.41) is 15.6. The maximum atomic E-state index is 12.6. The summed E-state index contributed by atoms with van der Waals surface area (Å²) in [5.41, 5.74) is 9.08. The number of hydrogen-bond acceptors (Lipinski definition) is 7. The van der Waals surface area contributed by atoms with Crippen molar-refractivity contribution in [3.63, 3.8) is 0 Å². The molecule has 7 nitrogen and oxygen atoms in total. The molecule has 0 aliphatic heterocycles. The fourth-order valence-corrected chi connectivity index (χ4v) is 3.09. The number of nitrogens with two attached hydrogens (primary N) is 1. The monoisotopic (exact) mass is 452 g/mol. The standard InChI is InChI=1S/C24H28N4O3S/c1-16(23(30)27-13-17-6-5-9-20(29)12-17)31-24-22(26-14-19(25)15-32)11-10-21(28-24)18-7-3-2-4-8-18/h2-12,16,19,26,29,32H,13-15,25H2,1H3,(H,27,30)/t16-,19?/m1/s1. The number of thiol groups is 1. The fraction of sp³-hybridized carbons (Fsp3) is 0.250. The van der Waals surface area contributed by atoms with E-state index >= 15 is 0 Å². The molecule has 32 heavy (non-hydrogen) atoms. The van der Waals surface area contributed by atoms with Gasteiger partial charge in [0.2, 0.25) is 5.88 Å². The lowest BCUT2D eigenvalue weighted by atomic mass is 10.1. The Labute approximate surface area is 193 Å². The van der Waals surface area contributed by atoms with Crippen LogP contribution in [0.1, 0.15) is 12.5 Å². The van der Waals surface area contributed by atoms with Gasteiger partial charge < -0.3 is 26.2 Å². The van der Waals surface area contributed by atoms with E-state index in [9.17, 15) is 9.90 Å². The minimum atomic E-state index is -0.787. The van der Waals surface area contributed by atoms with Crippen molar-refractivity contribution in [1.82, 2.24) is 10.3 Å². The number of carbonyl (C=O) groups is 1. The lowest BCUT2D eigenvalue weighted by molar-refractivity contribution is -0.127. The number of rotatable bonds is 10. The van der Waals surface area contributed by atoms with Gasteiger partial charge in [0.1, 0.15) is 5.75 Å². The summed E-state index contributed by atoms with van der Waals surface area (Å²) in [6, 6.07) is 20.1. The summed E-state index contributed by atoms with van der Waals surface area (Å²) in [6.45, 7) is 2.43. The van der Waals surface area contributed by atoms with E-state index in [0.717, 1.165) is 16.8 Å². The minimum absolute atomic E-state index is 0.136. The number of anilines is 1. The molecule has 0 saturated heterocycles. The molecule has 0 radical (unpaired) electrons. The van der Waals surface area contributed by atoms with Crippen LogP contribution in [0.3, 0.4) is 0 Å². The second kappa shape index (κ2) is 11.4. The van der Waals surface area contributed by atoms with Crippen LogP contribution in [-0.4, -0.2) is 40.4 Å². The number of phenolic OH excluding ortho intramolecular Hbond substituents is 1. The van der Waals surface area contributed by atoms with Gasteiger partial charge in [0.15, 0.2) is 6.10 Å². The van der Waals surface area contributed by atoms with Gasteiger partial charge >= 0.3 is 0 Å². The summed E-state index contributed by atoms with van der Waals surface area (Å²) in [7, 11) is 0. The molecule has 3 aromatic rings. The van der Waals surface area contributed by atoms with E-state index in [-0.39, 0.29) is 24.2 Å². The molecule has 5 N–H and O–H groups in total. The summed E-state index contributed by atoms with van der Waals surface area (Å²) in [5.74, 6) is 0.709. The second-order valence-electron chi connectivity index (χ2n) is 7.39. The average Bonchev–Trinajstić information content (AvgIpc) is 2.82. The molecule has 1 heterocycles. The Hall–Kier alpha value is -3.23.